The Hall–Kier alpha value is -3.72. The molecule has 1 atom stereocenters. The van der Waals surface area contributed by atoms with E-state index in [2.05, 4.69) is 37.7 Å². The molecule has 1 fully saturated rings. The first-order chi connectivity index (χ1) is 19.8. The van der Waals surface area contributed by atoms with Crippen LogP contribution in [0.5, 0.6) is 5.75 Å². The maximum absolute atomic E-state index is 13.8. The number of aliphatic imine (C=N–C) groups is 1. The van der Waals surface area contributed by atoms with Gasteiger partial charge in [0, 0.05) is 29.7 Å². The molecule has 2 N–H and O–H groups in total. The fourth-order valence-corrected chi connectivity index (χ4v) is 4.34. The Bertz CT molecular complexity index is 1520. The number of halogens is 2. The third-order valence-corrected chi connectivity index (χ3v) is 6.96. The van der Waals surface area contributed by atoms with Crippen molar-refractivity contribution in [2.75, 3.05) is 7.05 Å². The number of thioether (sulfide) groups is 1. The number of nitrogens with zero attached hydrogens (tertiary/aromatic N) is 3. The van der Waals surface area contributed by atoms with Crippen molar-refractivity contribution in [3.8, 4) is 28.7 Å². The van der Waals surface area contributed by atoms with Crippen LogP contribution in [-0.4, -0.2) is 63.2 Å². The van der Waals surface area contributed by atoms with E-state index in [1.54, 1.807) is 26.1 Å². The number of amidine groups is 1. The summed E-state index contributed by atoms with van der Waals surface area (Å²) in [5.41, 5.74) is 4.00. The van der Waals surface area contributed by atoms with E-state index in [4.69, 9.17) is 33.0 Å². The SMILES string of the molecule is [B]C([B])([B])Oc1cnc(C(F)F)cc1-c1cc(C(=NC)OC(C)=C(C)C)ccc1C(=O)NC1=NNC(C#CC2CC2)S1. The number of benzene rings is 1. The predicted octanol–water partition coefficient (Wildman–Crippen LogP) is 3.97. The second-order valence-electron chi connectivity index (χ2n) is 9.87. The second kappa shape index (κ2) is 13.1. The molecule has 1 aromatic carbocycles. The number of alkyl halides is 2. The number of hydrogen-bond donors (Lipinski definition) is 2. The summed E-state index contributed by atoms with van der Waals surface area (Å²) in [6.45, 7) is 5.55. The van der Waals surface area contributed by atoms with Crippen LogP contribution in [0.4, 0.5) is 8.78 Å². The Morgan fingerprint density at radius 3 is 2.55 bits per heavy atom. The molecule has 0 bridgehead atoms. The molecule has 42 heavy (non-hydrogen) atoms. The van der Waals surface area contributed by atoms with E-state index in [0.29, 0.717) is 22.4 Å². The second-order valence-corrected chi connectivity index (χ2v) is 11.0. The maximum Gasteiger partial charge on any atom is 0.280 e. The van der Waals surface area contributed by atoms with Gasteiger partial charge in [-0.1, -0.05) is 11.8 Å². The maximum atomic E-state index is 13.8. The lowest BCUT2D eigenvalue weighted by Gasteiger charge is -2.26. The number of carbonyl (C=O) groups is 1. The molecule has 14 heteroatoms. The van der Waals surface area contributed by atoms with Crippen molar-refractivity contribution in [1.82, 2.24) is 15.7 Å². The summed E-state index contributed by atoms with van der Waals surface area (Å²) in [6.07, 6.45) is 0.279. The number of hydrogen-bond acceptors (Lipinski definition) is 8. The predicted molar refractivity (Wildman–Crippen MR) is 163 cm³/mol. The molecule has 1 saturated carbocycles. The quantitative estimate of drug-likeness (QED) is 0.169. The normalized spacial score (nSPS) is 16.6. The Labute approximate surface area is 251 Å². The largest absolute Gasteiger partial charge is 0.514 e. The Kier molecular flexibility index (Phi) is 9.72. The number of pyridine rings is 1. The summed E-state index contributed by atoms with van der Waals surface area (Å²) >= 11 is 1.25. The van der Waals surface area contributed by atoms with Gasteiger partial charge in [-0.3, -0.25) is 25.5 Å². The number of carbonyl (C=O) groups excluding carboxylic acids is 1. The van der Waals surface area contributed by atoms with Gasteiger partial charge < -0.3 is 9.47 Å². The highest BCUT2D eigenvalue weighted by Crippen LogP contribution is 2.37. The number of amides is 1. The highest BCUT2D eigenvalue weighted by molar-refractivity contribution is 8.14. The van der Waals surface area contributed by atoms with Crippen molar-refractivity contribution < 1.29 is 23.0 Å². The molecule has 1 aliphatic heterocycles. The number of nitrogens with one attached hydrogen (secondary N) is 2. The first kappa shape index (κ1) is 31.2. The van der Waals surface area contributed by atoms with Gasteiger partial charge in [-0.05, 0) is 86.1 Å². The molecule has 4 rings (SSSR count). The Morgan fingerprint density at radius 2 is 1.93 bits per heavy atom. The van der Waals surface area contributed by atoms with Crippen molar-refractivity contribution >= 4 is 52.3 Å². The van der Waals surface area contributed by atoms with Gasteiger partial charge in [0.15, 0.2) is 10.5 Å². The van der Waals surface area contributed by atoms with Crippen molar-refractivity contribution in [3.05, 3.63) is 58.6 Å². The summed E-state index contributed by atoms with van der Waals surface area (Å²) < 4.78 is 38.9. The van der Waals surface area contributed by atoms with Crippen LogP contribution in [-0.2, 0) is 4.74 Å². The molecular weight excluding hydrogens is 557 g/mol. The molecule has 2 aliphatic rings. The van der Waals surface area contributed by atoms with Crippen LogP contribution in [0.25, 0.3) is 11.1 Å². The standard InChI is InChI=1S/C28H26B3F2N5O3S/c1-14(2)15(3)40-26(34-4)17-8-9-18(25(39)36-27-38-37-23(42-27)10-7-16-5-6-16)19(11-17)20-12-21(24(32)33)35-13-22(20)41-28(29,30)31/h8-9,11-13,16,23-24,37H,5-6H2,1-4H3,(H,36,38,39). The highest BCUT2D eigenvalue weighted by Gasteiger charge is 2.26. The van der Waals surface area contributed by atoms with Crippen LogP contribution in [0.3, 0.4) is 0 Å². The van der Waals surface area contributed by atoms with Crippen LogP contribution in [0, 0.1) is 17.8 Å². The zero-order chi connectivity index (χ0) is 30.6. The van der Waals surface area contributed by atoms with Gasteiger partial charge in [0.1, 0.15) is 40.7 Å². The summed E-state index contributed by atoms with van der Waals surface area (Å²) in [7, 11) is 18.5. The topological polar surface area (TPSA) is 97.2 Å². The van der Waals surface area contributed by atoms with Crippen LogP contribution >= 0.6 is 11.8 Å². The number of hydrazone groups is 1. The summed E-state index contributed by atoms with van der Waals surface area (Å²) in [5, 5.41) is 4.74. The van der Waals surface area contributed by atoms with Gasteiger partial charge in [0.2, 0.25) is 5.90 Å². The van der Waals surface area contributed by atoms with Crippen molar-refractivity contribution in [2.24, 2.45) is 16.0 Å². The highest BCUT2D eigenvalue weighted by atomic mass is 32.2. The van der Waals surface area contributed by atoms with Gasteiger partial charge >= 0.3 is 0 Å². The van der Waals surface area contributed by atoms with Crippen LogP contribution in [0.15, 0.2) is 51.9 Å². The molecule has 1 aliphatic carbocycles. The zero-order valence-corrected chi connectivity index (χ0v) is 24.3. The van der Waals surface area contributed by atoms with E-state index >= 15 is 0 Å². The first-order valence-electron chi connectivity index (χ1n) is 12.9. The fourth-order valence-electron chi connectivity index (χ4n) is 3.63. The lowest BCUT2D eigenvalue weighted by Crippen LogP contribution is -2.37. The minimum atomic E-state index is -2.92. The molecule has 1 amide bonds. The third kappa shape index (κ3) is 8.19. The Morgan fingerprint density at radius 1 is 1.19 bits per heavy atom. The number of aromatic nitrogens is 1. The smallest absolute Gasteiger partial charge is 0.280 e. The van der Waals surface area contributed by atoms with Crippen LogP contribution < -0.4 is 15.5 Å². The molecule has 1 unspecified atom stereocenters. The molecule has 8 nitrogen and oxygen atoms in total. The van der Waals surface area contributed by atoms with Gasteiger partial charge in [-0.2, -0.15) is 5.10 Å². The monoisotopic (exact) mass is 583 g/mol. The average Bonchev–Trinajstić information content (AvgIpc) is 3.66. The number of allylic oxidation sites excluding steroid dienone is 2. The van der Waals surface area contributed by atoms with E-state index in [0.717, 1.165) is 30.7 Å². The lowest BCUT2D eigenvalue weighted by molar-refractivity contribution is 0.0978. The van der Waals surface area contributed by atoms with Gasteiger partial charge in [0.25, 0.3) is 12.3 Å². The average molecular weight is 583 g/mol. The van der Waals surface area contributed by atoms with E-state index < -0.39 is 23.3 Å². The minimum absolute atomic E-state index is 0.0414. The van der Waals surface area contributed by atoms with Crippen LogP contribution in [0.2, 0.25) is 0 Å². The number of ether oxygens (including phenoxy) is 2. The van der Waals surface area contributed by atoms with E-state index in [-0.39, 0.29) is 33.7 Å². The minimum Gasteiger partial charge on any atom is -0.514 e. The molecule has 0 saturated heterocycles. The zero-order valence-electron chi connectivity index (χ0n) is 23.5. The molecule has 0 spiro atoms. The molecule has 210 valence electrons. The van der Waals surface area contributed by atoms with E-state index in [9.17, 15) is 13.6 Å². The van der Waals surface area contributed by atoms with Crippen LogP contribution in [0.1, 0.15) is 61.7 Å². The molecule has 2 aromatic rings. The Balaban J connectivity index is 1.77. The third-order valence-electron chi connectivity index (χ3n) is 6.09. The van der Waals surface area contributed by atoms with Crippen molar-refractivity contribution in [3.63, 3.8) is 0 Å². The van der Waals surface area contributed by atoms with Gasteiger partial charge in [-0.15, -0.1) is 0 Å². The molecule has 2 heterocycles. The van der Waals surface area contributed by atoms with Gasteiger partial charge in [0.05, 0.1) is 6.20 Å². The lowest BCUT2D eigenvalue weighted by atomic mass is 9.52. The first-order valence-corrected chi connectivity index (χ1v) is 13.8. The molecule has 6 radical (unpaired) electrons. The molecule has 1 aromatic heterocycles. The fraction of sp³-hybridized carbons (Fsp3) is 0.357. The summed E-state index contributed by atoms with van der Waals surface area (Å²) in [6, 6.07) is 5.78. The molecular formula is C28H26B3F2N5O3S. The van der Waals surface area contributed by atoms with Crippen molar-refractivity contribution in [1.29, 1.82) is 0 Å². The summed E-state index contributed by atoms with van der Waals surface area (Å²) in [5.74, 6) is 6.82. The van der Waals surface area contributed by atoms with E-state index in [1.165, 1.54) is 17.8 Å². The summed E-state index contributed by atoms with van der Waals surface area (Å²) in [4.78, 5) is 21.6. The van der Waals surface area contributed by atoms with Crippen molar-refractivity contribution in [2.45, 2.75) is 50.7 Å². The van der Waals surface area contributed by atoms with E-state index in [1.807, 2.05) is 13.8 Å². The number of rotatable bonds is 7. The van der Waals surface area contributed by atoms with Gasteiger partial charge in [-0.25, -0.2) is 8.78 Å².